The van der Waals surface area contributed by atoms with Gasteiger partial charge in [0.1, 0.15) is 5.75 Å². The van der Waals surface area contributed by atoms with Gasteiger partial charge in [-0.05, 0) is 69.0 Å². The Labute approximate surface area is 115 Å². The first-order chi connectivity index (χ1) is 9.11. The average molecular weight is 261 g/mol. The molecule has 0 aliphatic carbocycles. The highest BCUT2D eigenvalue weighted by Gasteiger charge is 2.18. The lowest BCUT2D eigenvalue weighted by Crippen LogP contribution is -2.28. The number of hydrogen-bond acceptors (Lipinski definition) is 3. The number of benzene rings is 1. The second-order valence-electron chi connectivity index (χ2n) is 5.46. The number of rotatable bonds is 4. The molecular formula is C16H23NO2. The zero-order valence-corrected chi connectivity index (χ0v) is 12.1. The van der Waals surface area contributed by atoms with Gasteiger partial charge in [0.15, 0.2) is 5.78 Å². The lowest BCUT2D eigenvalue weighted by Gasteiger charge is -2.22. The Bertz CT molecular complexity index is 439. The molecule has 0 atom stereocenters. The van der Waals surface area contributed by atoms with Crippen LogP contribution in [0.5, 0.6) is 5.75 Å². The normalized spacial score (nSPS) is 16.4. The summed E-state index contributed by atoms with van der Waals surface area (Å²) >= 11 is 0. The van der Waals surface area contributed by atoms with Crippen molar-refractivity contribution >= 4 is 5.78 Å². The van der Waals surface area contributed by atoms with Crippen LogP contribution in [0.3, 0.4) is 0 Å². The second kappa shape index (κ2) is 6.20. The number of piperidine rings is 1. The third-order valence-corrected chi connectivity index (χ3v) is 3.92. The first-order valence-corrected chi connectivity index (χ1v) is 7.01. The van der Waals surface area contributed by atoms with E-state index in [1.165, 1.54) is 0 Å². The van der Waals surface area contributed by atoms with Crippen molar-refractivity contribution in [2.24, 2.45) is 5.92 Å². The van der Waals surface area contributed by atoms with Gasteiger partial charge in [-0.2, -0.15) is 0 Å². The van der Waals surface area contributed by atoms with Crippen LogP contribution in [-0.2, 0) is 0 Å². The fraction of sp³-hybridized carbons (Fsp3) is 0.562. The van der Waals surface area contributed by atoms with Crippen molar-refractivity contribution in [3.63, 3.8) is 0 Å². The molecule has 1 aliphatic heterocycles. The Balaban J connectivity index is 2.10. The Morgan fingerprint density at radius 1 is 1.26 bits per heavy atom. The van der Waals surface area contributed by atoms with Gasteiger partial charge in [0, 0.05) is 12.0 Å². The summed E-state index contributed by atoms with van der Waals surface area (Å²) in [6, 6.07) is 3.91. The first-order valence-electron chi connectivity index (χ1n) is 7.01. The molecule has 3 nitrogen and oxygen atoms in total. The van der Waals surface area contributed by atoms with E-state index in [-0.39, 0.29) is 5.78 Å². The van der Waals surface area contributed by atoms with Gasteiger partial charge in [-0.3, -0.25) is 4.79 Å². The number of hydrogen-bond donors (Lipinski definition) is 1. The zero-order chi connectivity index (χ0) is 13.8. The van der Waals surface area contributed by atoms with Crippen molar-refractivity contribution in [2.75, 3.05) is 20.2 Å². The Morgan fingerprint density at radius 2 is 1.84 bits per heavy atom. The van der Waals surface area contributed by atoms with Crippen LogP contribution in [-0.4, -0.2) is 26.0 Å². The van der Waals surface area contributed by atoms with Crippen molar-refractivity contribution in [3.05, 3.63) is 28.8 Å². The van der Waals surface area contributed by atoms with Crippen molar-refractivity contribution in [3.8, 4) is 5.75 Å². The number of carbonyl (C=O) groups excluding carboxylic acids is 1. The maximum atomic E-state index is 12.4. The van der Waals surface area contributed by atoms with Crippen LogP contribution in [0.4, 0.5) is 0 Å². The number of methoxy groups -OCH3 is 1. The highest BCUT2D eigenvalue weighted by molar-refractivity contribution is 5.96. The van der Waals surface area contributed by atoms with E-state index in [1.54, 1.807) is 7.11 Å². The van der Waals surface area contributed by atoms with Gasteiger partial charge in [0.05, 0.1) is 7.11 Å². The lowest BCUT2D eigenvalue weighted by molar-refractivity contribution is 0.0952. The Hall–Kier alpha value is -1.35. The van der Waals surface area contributed by atoms with Crippen LogP contribution in [0, 0.1) is 19.8 Å². The molecule has 1 heterocycles. The van der Waals surface area contributed by atoms with E-state index in [0.717, 1.165) is 48.4 Å². The molecule has 0 aromatic heterocycles. The molecule has 0 unspecified atom stereocenters. The highest BCUT2D eigenvalue weighted by Crippen LogP contribution is 2.26. The minimum absolute atomic E-state index is 0.265. The predicted octanol–water partition coefficient (Wildman–Crippen LogP) is 2.88. The fourth-order valence-electron chi connectivity index (χ4n) is 2.90. The molecule has 2 rings (SSSR count). The van der Waals surface area contributed by atoms with Crippen LogP contribution in [0.1, 0.15) is 40.7 Å². The maximum absolute atomic E-state index is 12.4. The summed E-state index contributed by atoms with van der Waals surface area (Å²) in [5.41, 5.74) is 2.90. The Kier molecular flexibility index (Phi) is 4.59. The number of ether oxygens (including phenoxy) is 1. The molecule has 1 aromatic rings. The first kappa shape index (κ1) is 14.1. The smallest absolute Gasteiger partial charge is 0.163 e. The fourth-order valence-corrected chi connectivity index (χ4v) is 2.90. The molecule has 0 spiro atoms. The van der Waals surface area contributed by atoms with Gasteiger partial charge < -0.3 is 10.1 Å². The molecule has 1 fully saturated rings. The third kappa shape index (κ3) is 3.35. The van der Waals surface area contributed by atoms with Crippen LogP contribution in [0.15, 0.2) is 12.1 Å². The van der Waals surface area contributed by atoms with E-state index < -0.39 is 0 Å². The third-order valence-electron chi connectivity index (χ3n) is 3.92. The summed E-state index contributed by atoms with van der Waals surface area (Å²) in [6.07, 6.45) is 2.90. The van der Waals surface area contributed by atoms with Crippen molar-refractivity contribution in [1.82, 2.24) is 5.32 Å². The van der Waals surface area contributed by atoms with Crippen LogP contribution < -0.4 is 10.1 Å². The van der Waals surface area contributed by atoms with Gasteiger partial charge in [-0.25, -0.2) is 0 Å². The standard InChI is InChI=1S/C16H23NO2/c1-11-8-14(9-12(2)16(11)19-3)15(18)10-13-4-6-17-7-5-13/h8-9,13,17H,4-7,10H2,1-3H3. The monoisotopic (exact) mass is 261 g/mol. The maximum Gasteiger partial charge on any atom is 0.163 e. The summed E-state index contributed by atoms with van der Waals surface area (Å²) in [4.78, 5) is 12.4. The van der Waals surface area contributed by atoms with Crippen molar-refractivity contribution < 1.29 is 9.53 Å². The molecule has 3 heteroatoms. The molecule has 0 radical (unpaired) electrons. The molecule has 0 saturated carbocycles. The molecule has 1 N–H and O–H groups in total. The molecule has 0 bridgehead atoms. The average Bonchev–Trinajstić information content (AvgIpc) is 2.39. The minimum atomic E-state index is 0.265. The van der Waals surface area contributed by atoms with Crippen molar-refractivity contribution in [2.45, 2.75) is 33.1 Å². The summed E-state index contributed by atoms with van der Waals surface area (Å²) in [6.45, 7) is 6.07. The molecule has 0 amide bonds. The zero-order valence-electron chi connectivity index (χ0n) is 12.1. The highest BCUT2D eigenvalue weighted by atomic mass is 16.5. The van der Waals surface area contributed by atoms with Crippen LogP contribution in [0.2, 0.25) is 0 Å². The van der Waals surface area contributed by atoms with Gasteiger partial charge in [0.2, 0.25) is 0 Å². The van der Waals surface area contributed by atoms with Gasteiger partial charge in [0.25, 0.3) is 0 Å². The number of carbonyl (C=O) groups is 1. The number of Topliss-reactive ketones (excluding diaryl/α,β-unsaturated/α-hetero) is 1. The lowest BCUT2D eigenvalue weighted by atomic mass is 9.90. The van der Waals surface area contributed by atoms with Gasteiger partial charge in [-0.15, -0.1) is 0 Å². The topological polar surface area (TPSA) is 38.3 Å². The summed E-state index contributed by atoms with van der Waals surface area (Å²) in [5, 5.41) is 3.33. The van der Waals surface area contributed by atoms with E-state index >= 15 is 0 Å². The predicted molar refractivity (Wildman–Crippen MR) is 77.0 cm³/mol. The number of ketones is 1. The van der Waals surface area contributed by atoms with E-state index in [1.807, 2.05) is 26.0 Å². The van der Waals surface area contributed by atoms with Crippen molar-refractivity contribution in [1.29, 1.82) is 0 Å². The van der Waals surface area contributed by atoms with Gasteiger partial charge >= 0.3 is 0 Å². The molecule has 1 aliphatic rings. The van der Waals surface area contributed by atoms with E-state index in [0.29, 0.717) is 12.3 Å². The van der Waals surface area contributed by atoms with Crippen LogP contribution in [0.25, 0.3) is 0 Å². The van der Waals surface area contributed by atoms with Crippen LogP contribution >= 0.6 is 0 Å². The number of nitrogens with one attached hydrogen (secondary N) is 1. The minimum Gasteiger partial charge on any atom is -0.496 e. The summed E-state index contributed by atoms with van der Waals surface area (Å²) < 4.78 is 5.34. The van der Waals surface area contributed by atoms with E-state index in [4.69, 9.17) is 4.74 Å². The summed E-state index contributed by atoms with van der Waals surface area (Å²) in [5.74, 6) is 1.69. The van der Waals surface area contributed by atoms with E-state index in [9.17, 15) is 4.79 Å². The van der Waals surface area contributed by atoms with Gasteiger partial charge in [-0.1, -0.05) is 0 Å². The molecule has 104 valence electrons. The molecule has 1 aromatic carbocycles. The molecule has 19 heavy (non-hydrogen) atoms. The second-order valence-corrected chi connectivity index (χ2v) is 5.46. The quantitative estimate of drug-likeness (QED) is 0.847. The molecule has 1 saturated heterocycles. The summed E-state index contributed by atoms with van der Waals surface area (Å²) in [7, 11) is 1.67. The number of aryl methyl sites for hydroxylation is 2. The SMILES string of the molecule is COc1c(C)cc(C(=O)CC2CCNCC2)cc1C. The molecular weight excluding hydrogens is 238 g/mol. The van der Waals surface area contributed by atoms with E-state index in [2.05, 4.69) is 5.32 Å². The Morgan fingerprint density at radius 3 is 2.37 bits per heavy atom. The largest absolute Gasteiger partial charge is 0.496 e.